The van der Waals surface area contributed by atoms with Gasteiger partial charge in [0.05, 0.1) is 16.2 Å². The first kappa shape index (κ1) is 16.4. The molecule has 6 heteroatoms. The van der Waals surface area contributed by atoms with Crippen LogP contribution in [-0.2, 0) is 4.79 Å². The van der Waals surface area contributed by atoms with Gasteiger partial charge < -0.3 is 4.98 Å². The lowest BCUT2D eigenvalue weighted by atomic mass is 9.99. The van der Waals surface area contributed by atoms with E-state index in [1.165, 1.54) is 17.0 Å². The van der Waals surface area contributed by atoms with Gasteiger partial charge in [0.2, 0.25) is 0 Å². The lowest BCUT2D eigenvalue weighted by molar-refractivity contribution is -0.384. The summed E-state index contributed by atoms with van der Waals surface area (Å²) >= 11 is 0. The van der Waals surface area contributed by atoms with Crippen LogP contribution in [0.4, 0.5) is 11.4 Å². The van der Waals surface area contributed by atoms with Crippen LogP contribution < -0.4 is 4.90 Å². The Kier molecular flexibility index (Phi) is 3.83. The highest BCUT2D eigenvalue weighted by atomic mass is 16.6. The van der Waals surface area contributed by atoms with E-state index < -0.39 is 4.92 Å². The Hall–Kier alpha value is -4.11. The van der Waals surface area contributed by atoms with Gasteiger partial charge in [-0.25, -0.2) is 4.90 Å². The summed E-state index contributed by atoms with van der Waals surface area (Å²) in [4.78, 5) is 27.4. The van der Waals surface area contributed by atoms with Crippen LogP contribution in [0.3, 0.4) is 0 Å². The average molecular weight is 355 g/mol. The van der Waals surface area contributed by atoms with Gasteiger partial charge in [-0.15, -0.1) is 0 Å². The van der Waals surface area contributed by atoms with E-state index in [0.717, 1.165) is 22.4 Å². The lowest BCUT2D eigenvalue weighted by Gasteiger charge is -2.08. The van der Waals surface area contributed by atoms with E-state index in [-0.39, 0.29) is 11.6 Å². The summed E-state index contributed by atoms with van der Waals surface area (Å²) in [5, 5.41) is 10.8. The number of H-pyrrole nitrogens is 1. The van der Waals surface area contributed by atoms with Gasteiger partial charge in [-0.1, -0.05) is 12.5 Å². The second kappa shape index (κ2) is 6.32. The maximum absolute atomic E-state index is 12.7. The summed E-state index contributed by atoms with van der Waals surface area (Å²) in [7, 11) is 0. The first-order valence-corrected chi connectivity index (χ1v) is 8.13. The molecule has 2 aromatic carbocycles. The number of aromatic nitrogens is 1. The lowest BCUT2D eigenvalue weighted by Crippen LogP contribution is -2.19. The van der Waals surface area contributed by atoms with Gasteiger partial charge in [-0.05, 0) is 53.6 Å². The van der Waals surface area contributed by atoms with Crippen molar-refractivity contribution in [1.82, 2.24) is 4.98 Å². The molecule has 1 aromatic heterocycles. The highest BCUT2D eigenvalue weighted by molar-refractivity contribution is 6.37. The summed E-state index contributed by atoms with van der Waals surface area (Å²) in [5.74, 6) is -0.261. The maximum atomic E-state index is 12.7. The van der Waals surface area contributed by atoms with Crippen LogP contribution in [0.25, 0.3) is 22.8 Å². The monoisotopic (exact) mass is 355 g/mol. The predicted octanol–water partition coefficient (Wildman–Crippen LogP) is 4.07. The number of hydrogen-bond acceptors (Lipinski definition) is 3. The number of non-ortho nitro benzene ring substituents is 1. The van der Waals surface area contributed by atoms with Gasteiger partial charge in [-0.3, -0.25) is 14.9 Å². The van der Waals surface area contributed by atoms with E-state index in [0.29, 0.717) is 11.3 Å². The third kappa shape index (κ3) is 2.77. The van der Waals surface area contributed by atoms with E-state index in [9.17, 15) is 14.9 Å². The molecule has 0 aliphatic carbocycles. The minimum Gasteiger partial charge on any atom is -0.362 e. The van der Waals surface area contributed by atoms with Crippen molar-refractivity contribution in [2.75, 3.05) is 4.90 Å². The number of amides is 1. The number of nitrogens with zero attached hydrogens (tertiary/aromatic N) is 2. The summed E-state index contributed by atoms with van der Waals surface area (Å²) in [6.07, 6.45) is 9.06. The molecule has 3 aromatic rings. The van der Waals surface area contributed by atoms with E-state index in [1.54, 1.807) is 30.5 Å². The zero-order valence-corrected chi connectivity index (χ0v) is 14.0. The van der Waals surface area contributed by atoms with Crippen LogP contribution in [-0.4, -0.2) is 15.8 Å². The number of aromatic amines is 1. The molecule has 0 spiro atoms. The number of benzene rings is 2. The van der Waals surface area contributed by atoms with Crippen molar-refractivity contribution in [2.24, 2.45) is 0 Å². The first-order chi connectivity index (χ1) is 13.1. The smallest absolute Gasteiger partial charge is 0.270 e. The number of carbonyl (C=O) groups excluding carboxylic acids is 1. The second-order valence-electron chi connectivity index (χ2n) is 5.99. The molecule has 0 saturated heterocycles. The molecule has 0 atom stereocenters. The van der Waals surface area contributed by atoms with Crippen LogP contribution >= 0.6 is 0 Å². The van der Waals surface area contributed by atoms with Crippen molar-refractivity contribution >= 4 is 28.9 Å². The number of hydrogen-bond donors (Lipinski definition) is 1. The van der Waals surface area contributed by atoms with Gasteiger partial charge >= 0.3 is 0 Å². The fourth-order valence-electron chi connectivity index (χ4n) is 3.10. The third-order valence-electron chi connectivity index (χ3n) is 4.42. The van der Waals surface area contributed by atoms with Crippen LogP contribution in [0.5, 0.6) is 0 Å². The van der Waals surface area contributed by atoms with Crippen molar-refractivity contribution in [1.29, 1.82) is 0 Å². The van der Waals surface area contributed by atoms with E-state index in [1.807, 2.05) is 24.3 Å². The number of carbonyl (C=O) groups is 1. The molecular formula is C21H13N3O3. The number of nitro groups is 1. The van der Waals surface area contributed by atoms with E-state index >= 15 is 0 Å². The van der Waals surface area contributed by atoms with Crippen molar-refractivity contribution in [2.45, 2.75) is 0 Å². The van der Waals surface area contributed by atoms with Crippen LogP contribution in [0.15, 0.2) is 60.8 Å². The molecule has 1 aliphatic rings. The Morgan fingerprint density at radius 3 is 2.48 bits per heavy atom. The zero-order valence-electron chi connectivity index (χ0n) is 14.0. The van der Waals surface area contributed by atoms with Crippen molar-refractivity contribution in [3.63, 3.8) is 0 Å². The van der Waals surface area contributed by atoms with E-state index in [2.05, 4.69) is 11.0 Å². The van der Waals surface area contributed by atoms with Crippen molar-refractivity contribution < 1.29 is 9.72 Å². The van der Waals surface area contributed by atoms with Crippen LogP contribution in [0.2, 0.25) is 0 Å². The summed E-state index contributed by atoms with van der Waals surface area (Å²) < 4.78 is 0. The number of anilines is 1. The quantitative estimate of drug-likeness (QED) is 0.333. The Balaban J connectivity index is 1.82. The Labute approximate surface area is 154 Å². The van der Waals surface area contributed by atoms with Crippen LogP contribution in [0, 0.1) is 22.6 Å². The molecule has 0 unspecified atom stereocenters. The van der Waals surface area contributed by atoms with Gasteiger partial charge in [0, 0.05) is 35.6 Å². The number of nitrogens with one attached hydrogen (secondary N) is 1. The molecule has 1 N–H and O–H groups in total. The number of nitro benzene ring substituents is 1. The molecular weight excluding hydrogens is 342 g/mol. The molecule has 130 valence electrons. The van der Waals surface area contributed by atoms with Gasteiger partial charge in [0.1, 0.15) is 0 Å². The molecule has 0 saturated carbocycles. The summed E-state index contributed by atoms with van der Waals surface area (Å²) in [6.45, 7) is 0. The molecule has 4 rings (SSSR count). The topological polar surface area (TPSA) is 79.2 Å². The van der Waals surface area contributed by atoms with Crippen molar-refractivity contribution in [3.05, 3.63) is 82.2 Å². The van der Waals surface area contributed by atoms with Crippen LogP contribution in [0.1, 0.15) is 11.3 Å². The van der Waals surface area contributed by atoms with E-state index in [4.69, 9.17) is 6.42 Å². The zero-order chi connectivity index (χ0) is 19.0. The van der Waals surface area contributed by atoms with Crippen molar-refractivity contribution in [3.8, 4) is 23.6 Å². The third-order valence-corrected chi connectivity index (χ3v) is 4.42. The minimum atomic E-state index is -0.437. The summed E-state index contributed by atoms with van der Waals surface area (Å²) in [5.41, 5.74) is 4.34. The minimum absolute atomic E-state index is 0.0286. The molecule has 1 aliphatic heterocycles. The van der Waals surface area contributed by atoms with Gasteiger partial charge in [0.15, 0.2) is 0 Å². The fourth-order valence-corrected chi connectivity index (χ4v) is 3.10. The molecule has 0 fully saturated rings. The van der Waals surface area contributed by atoms with Gasteiger partial charge in [-0.2, -0.15) is 0 Å². The summed E-state index contributed by atoms with van der Waals surface area (Å²) in [6, 6.07) is 17.9. The SMILES string of the molecule is C#CN1C(=O)C(=Cc2ccc[nH]2)c2cc(-c3ccc([N+](=O)[O-])cc3)ccc21. The molecule has 2 heterocycles. The highest BCUT2D eigenvalue weighted by Crippen LogP contribution is 2.39. The average Bonchev–Trinajstić information content (AvgIpc) is 3.28. The maximum Gasteiger partial charge on any atom is 0.270 e. The molecule has 0 bridgehead atoms. The molecule has 0 radical (unpaired) electrons. The largest absolute Gasteiger partial charge is 0.362 e. The number of rotatable bonds is 3. The number of fused-ring (bicyclic) bond motifs is 1. The predicted molar refractivity (Wildman–Crippen MR) is 104 cm³/mol. The fraction of sp³-hybridized carbons (Fsp3) is 0. The normalized spacial score (nSPS) is 14.3. The molecule has 6 nitrogen and oxygen atoms in total. The first-order valence-electron chi connectivity index (χ1n) is 8.13. The molecule has 27 heavy (non-hydrogen) atoms. The van der Waals surface area contributed by atoms with Gasteiger partial charge in [0.25, 0.3) is 11.6 Å². The molecule has 1 amide bonds. The number of terminal acetylenes is 1. The standard InChI is InChI=1S/C21H13N3O3/c1-2-23-20-10-7-15(14-5-8-17(9-6-14)24(26)27)12-18(20)19(21(23)25)13-16-4-3-11-22-16/h1,3-13,22H. The highest BCUT2D eigenvalue weighted by Gasteiger charge is 2.32. The Morgan fingerprint density at radius 1 is 1.11 bits per heavy atom. The Morgan fingerprint density at radius 2 is 1.85 bits per heavy atom. The second-order valence-corrected chi connectivity index (χ2v) is 5.99. The Bertz CT molecular complexity index is 1120.